The zero-order chi connectivity index (χ0) is 10.3. The molecule has 76 valence electrons. The summed E-state index contributed by atoms with van der Waals surface area (Å²) in [5.41, 5.74) is -1.54. The van der Waals surface area contributed by atoms with Crippen molar-refractivity contribution in [3.8, 4) is 0 Å². The number of hydrogen-bond acceptors (Lipinski definition) is 2. The Morgan fingerprint density at radius 3 is 2.08 bits per heavy atom. The van der Waals surface area contributed by atoms with Gasteiger partial charge in [0.05, 0.1) is 0 Å². The summed E-state index contributed by atoms with van der Waals surface area (Å²) in [5.74, 6) is 0.549. The molecular formula is C11H20O2. The fourth-order valence-electron chi connectivity index (χ4n) is 1.78. The van der Waals surface area contributed by atoms with Gasteiger partial charge < -0.3 is 5.11 Å². The van der Waals surface area contributed by atoms with Gasteiger partial charge in [-0.3, -0.25) is 4.79 Å². The molecule has 0 radical (unpaired) electrons. The highest BCUT2D eigenvalue weighted by Gasteiger charge is 2.41. The summed E-state index contributed by atoms with van der Waals surface area (Å²) in [7, 11) is 0. The van der Waals surface area contributed by atoms with Crippen molar-refractivity contribution in [3.05, 3.63) is 0 Å². The van der Waals surface area contributed by atoms with Gasteiger partial charge in [0.2, 0.25) is 0 Å². The van der Waals surface area contributed by atoms with E-state index in [2.05, 4.69) is 0 Å². The average molecular weight is 184 g/mol. The molecule has 0 aromatic carbocycles. The van der Waals surface area contributed by atoms with Crippen LogP contribution in [0.2, 0.25) is 0 Å². The standard InChI is InChI=1S/C11H20O2/c1-10(2,3)9(12)11(4,13)7-8-5-6-8/h8,13H,5-7H2,1-4H3. The Morgan fingerprint density at radius 1 is 1.31 bits per heavy atom. The quantitative estimate of drug-likeness (QED) is 0.729. The van der Waals surface area contributed by atoms with Gasteiger partial charge in [-0.05, 0) is 19.3 Å². The Hall–Kier alpha value is -0.370. The molecule has 1 saturated carbocycles. The van der Waals surface area contributed by atoms with E-state index in [0.717, 1.165) is 0 Å². The Labute approximate surface area is 80.3 Å². The number of carbonyl (C=O) groups is 1. The molecule has 0 bridgehead atoms. The first-order valence-corrected chi connectivity index (χ1v) is 5.01. The van der Waals surface area contributed by atoms with Crippen molar-refractivity contribution < 1.29 is 9.90 Å². The highest BCUT2D eigenvalue weighted by Crippen LogP contribution is 2.38. The van der Waals surface area contributed by atoms with E-state index in [1.807, 2.05) is 20.8 Å². The molecule has 0 amide bonds. The van der Waals surface area contributed by atoms with Gasteiger partial charge >= 0.3 is 0 Å². The summed E-state index contributed by atoms with van der Waals surface area (Å²) in [5, 5.41) is 9.98. The molecule has 0 aromatic rings. The molecule has 1 N–H and O–H groups in total. The lowest BCUT2D eigenvalue weighted by molar-refractivity contribution is -0.145. The van der Waals surface area contributed by atoms with Crippen molar-refractivity contribution in [3.63, 3.8) is 0 Å². The van der Waals surface area contributed by atoms with E-state index >= 15 is 0 Å². The topological polar surface area (TPSA) is 37.3 Å². The summed E-state index contributed by atoms with van der Waals surface area (Å²) in [6.07, 6.45) is 2.99. The second-order valence-corrected chi connectivity index (χ2v) is 5.50. The van der Waals surface area contributed by atoms with Gasteiger partial charge in [-0.2, -0.15) is 0 Å². The first-order valence-electron chi connectivity index (χ1n) is 5.01. The van der Waals surface area contributed by atoms with Crippen LogP contribution in [-0.2, 0) is 4.79 Å². The fourth-order valence-corrected chi connectivity index (χ4v) is 1.78. The summed E-state index contributed by atoms with van der Waals surface area (Å²) >= 11 is 0. The third-order valence-electron chi connectivity index (χ3n) is 2.55. The van der Waals surface area contributed by atoms with Crippen LogP contribution in [0, 0.1) is 11.3 Å². The summed E-state index contributed by atoms with van der Waals surface area (Å²) in [6, 6.07) is 0. The molecule has 0 aliphatic heterocycles. The van der Waals surface area contributed by atoms with Crippen LogP contribution >= 0.6 is 0 Å². The van der Waals surface area contributed by atoms with Crippen LogP contribution < -0.4 is 0 Å². The molecule has 1 atom stereocenters. The summed E-state index contributed by atoms with van der Waals surface area (Å²) in [4.78, 5) is 11.8. The van der Waals surface area contributed by atoms with Crippen LogP contribution in [-0.4, -0.2) is 16.5 Å². The second-order valence-electron chi connectivity index (χ2n) is 5.50. The zero-order valence-corrected chi connectivity index (χ0v) is 9.05. The van der Waals surface area contributed by atoms with Crippen molar-refractivity contribution >= 4 is 5.78 Å². The first-order chi connectivity index (χ1) is 5.73. The molecule has 1 rings (SSSR count). The van der Waals surface area contributed by atoms with Crippen molar-refractivity contribution in [2.24, 2.45) is 11.3 Å². The van der Waals surface area contributed by atoms with E-state index < -0.39 is 11.0 Å². The highest BCUT2D eigenvalue weighted by molar-refractivity contribution is 5.91. The van der Waals surface area contributed by atoms with Gasteiger partial charge in [-0.15, -0.1) is 0 Å². The van der Waals surface area contributed by atoms with Crippen LogP contribution in [0.25, 0.3) is 0 Å². The molecule has 0 heterocycles. The average Bonchev–Trinajstić information content (AvgIpc) is 2.67. The van der Waals surface area contributed by atoms with Crippen LogP contribution in [0.4, 0.5) is 0 Å². The van der Waals surface area contributed by atoms with E-state index in [0.29, 0.717) is 12.3 Å². The lowest BCUT2D eigenvalue weighted by atomic mass is 9.79. The molecule has 1 aliphatic rings. The third-order valence-corrected chi connectivity index (χ3v) is 2.55. The Bertz CT molecular complexity index is 207. The predicted octanol–water partition coefficient (Wildman–Crippen LogP) is 2.15. The predicted molar refractivity (Wildman–Crippen MR) is 52.4 cm³/mol. The zero-order valence-electron chi connectivity index (χ0n) is 9.05. The van der Waals surface area contributed by atoms with Crippen molar-refractivity contribution in [2.75, 3.05) is 0 Å². The van der Waals surface area contributed by atoms with Gasteiger partial charge in [0.25, 0.3) is 0 Å². The lowest BCUT2D eigenvalue weighted by Gasteiger charge is -2.29. The number of rotatable bonds is 3. The van der Waals surface area contributed by atoms with Gasteiger partial charge in [0, 0.05) is 5.41 Å². The Kier molecular flexibility index (Phi) is 2.54. The minimum atomic E-state index is -1.11. The van der Waals surface area contributed by atoms with Crippen molar-refractivity contribution in [1.82, 2.24) is 0 Å². The largest absolute Gasteiger partial charge is 0.382 e. The van der Waals surface area contributed by atoms with E-state index in [-0.39, 0.29) is 5.78 Å². The van der Waals surface area contributed by atoms with Gasteiger partial charge in [0.15, 0.2) is 5.78 Å². The molecule has 0 saturated heterocycles. The smallest absolute Gasteiger partial charge is 0.169 e. The van der Waals surface area contributed by atoms with E-state index in [1.54, 1.807) is 6.92 Å². The van der Waals surface area contributed by atoms with E-state index in [1.165, 1.54) is 12.8 Å². The number of carbonyl (C=O) groups excluding carboxylic acids is 1. The van der Waals surface area contributed by atoms with Gasteiger partial charge in [-0.1, -0.05) is 33.6 Å². The number of aliphatic hydroxyl groups is 1. The fraction of sp³-hybridized carbons (Fsp3) is 0.909. The van der Waals surface area contributed by atoms with Crippen LogP contribution in [0.3, 0.4) is 0 Å². The SMILES string of the molecule is CC(C)(C)C(=O)C(C)(O)CC1CC1. The molecule has 0 spiro atoms. The lowest BCUT2D eigenvalue weighted by Crippen LogP contribution is -2.43. The van der Waals surface area contributed by atoms with Crippen LogP contribution in [0.1, 0.15) is 47.0 Å². The maximum atomic E-state index is 11.8. The third kappa shape index (κ3) is 2.80. The second kappa shape index (κ2) is 3.09. The highest BCUT2D eigenvalue weighted by atomic mass is 16.3. The van der Waals surface area contributed by atoms with E-state index in [4.69, 9.17) is 0 Å². The minimum absolute atomic E-state index is 0.0353. The molecule has 2 heteroatoms. The van der Waals surface area contributed by atoms with Crippen molar-refractivity contribution in [1.29, 1.82) is 0 Å². The van der Waals surface area contributed by atoms with Gasteiger partial charge in [0.1, 0.15) is 5.60 Å². The summed E-state index contributed by atoms with van der Waals surface area (Å²) < 4.78 is 0. The molecular weight excluding hydrogens is 164 g/mol. The maximum absolute atomic E-state index is 11.8. The minimum Gasteiger partial charge on any atom is -0.382 e. The normalized spacial score (nSPS) is 22.5. The summed E-state index contributed by atoms with van der Waals surface area (Å²) in [6.45, 7) is 7.23. The molecule has 1 unspecified atom stereocenters. The van der Waals surface area contributed by atoms with E-state index in [9.17, 15) is 9.90 Å². The monoisotopic (exact) mass is 184 g/mol. The van der Waals surface area contributed by atoms with Crippen LogP contribution in [0.5, 0.6) is 0 Å². The number of Topliss-reactive ketones (excluding diaryl/α,β-unsaturated/α-hetero) is 1. The first kappa shape index (κ1) is 10.7. The number of ketones is 1. The molecule has 13 heavy (non-hydrogen) atoms. The Morgan fingerprint density at radius 2 is 1.77 bits per heavy atom. The molecule has 1 aliphatic carbocycles. The molecule has 0 aromatic heterocycles. The Balaban J connectivity index is 2.61. The van der Waals surface area contributed by atoms with Gasteiger partial charge in [-0.25, -0.2) is 0 Å². The molecule has 1 fully saturated rings. The molecule has 2 nitrogen and oxygen atoms in total. The maximum Gasteiger partial charge on any atom is 0.169 e. The number of hydrogen-bond donors (Lipinski definition) is 1. The van der Waals surface area contributed by atoms with Crippen LogP contribution in [0.15, 0.2) is 0 Å². The van der Waals surface area contributed by atoms with Crippen molar-refractivity contribution in [2.45, 2.75) is 52.6 Å².